The first-order valence-corrected chi connectivity index (χ1v) is 45.1. The van der Waals surface area contributed by atoms with Crippen molar-refractivity contribution in [2.75, 3.05) is 0 Å². The van der Waals surface area contributed by atoms with Gasteiger partial charge in [0.05, 0.1) is 0 Å². The van der Waals surface area contributed by atoms with Crippen LogP contribution in [0.4, 0.5) is 0 Å². The van der Waals surface area contributed by atoms with Crippen molar-refractivity contribution in [2.45, 2.75) is 137 Å². The zero-order chi connectivity index (χ0) is 38.2. The van der Waals surface area contributed by atoms with Crippen molar-refractivity contribution in [3.05, 3.63) is 18.2 Å². The first-order valence-electron chi connectivity index (χ1n) is 16.9. The summed E-state index contributed by atoms with van der Waals surface area (Å²) in [4.78, 5) is 0. The highest BCUT2D eigenvalue weighted by Gasteiger charge is 2.51. The van der Waals surface area contributed by atoms with Gasteiger partial charge in [-0.1, -0.05) is 12.7 Å². The lowest BCUT2D eigenvalue weighted by molar-refractivity contribution is 0.231. The molecule has 0 unspecified atom stereocenters. The first-order chi connectivity index (χ1) is 20.9. The SMILES string of the molecule is C=Cc1cc(O[Si](C)(O[Si](C)(C)C)O[Si](C)(C)C)c(O[Si](C)(O[Si](C)(C)C)O[Si](C)(C)C)c(O[Si](C)(O[Si](C)(C)C)O[Si](C)(C)C)c1[SiH3]. The molecule has 9 nitrogen and oxygen atoms in total. The van der Waals surface area contributed by atoms with Crippen molar-refractivity contribution in [2.24, 2.45) is 0 Å². The van der Waals surface area contributed by atoms with Gasteiger partial charge >= 0.3 is 26.4 Å². The topological polar surface area (TPSA) is 83.1 Å². The Hall–Kier alpha value is 0.289. The van der Waals surface area contributed by atoms with Gasteiger partial charge in [0.15, 0.2) is 67.2 Å². The summed E-state index contributed by atoms with van der Waals surface area (Å²) < 4.78 is 62.4. The molecule has 280 valence electrons. The summed E-state index contributed by atoms with van der Waals surface area (Å²) in [5.41, 5.74) is 0.898. The van der Waals surface area contributed by atoms with E-state index < -0.39 is 76.3 Å². The van der Waals surface area contributed by atoms with Crippen LogP contribution in [0.1, 0.15) is 5.56 Å². The van der Waals surface area contributed by atoms with Crippen LogP contribution in [0, 0.1) is 0 Å². The van der Waals surface area contributed by atoms with E-state index in [0.29, 0.717) is 27.5 Å². The average molecular weight is 844 g/mol. The molecular formula is C29H70O9Si10. The fraction of sp³-hybridized carbons (Fsp3) is 0.724. The highest BCUT2D eigenvalue weighted by atomic mass is 28.5. The molecule has 0 aromatic heterocycles. The maximum atomic E-state index is 7.18. The van der Waals surface area contributed by atoms with E-state index in [0.717, 1.165) is 10.8 Å². The first kappa shape index (κ1) is 46.3. The molecule has 0 fully saturated rings. The minimum Gasteiger partial charge on any atom is -0.498 e. The molecule has 0 aliphatic rings. The molecule has 0 aliphatic carbocycles. The lowest BCUT2D eigenvalue weighted by atomic mass is 10.2. The molecule has 0 N–H and O–H groups in total. The molecule has 48 heavy (non-hydrogen) atoms. The number of hydrogen-bond acceptors (Lipinski definition) is 9. The second kappa shape index (κ2) is 15.7. The van der Waals surface area contributed by atoms with Gasteiger partial charge < -0.3 is 38.0 Å². The van der Waals surface area contributed by atoms with Gasteiger partial charge in [0.2, 0.25) is 0 Å². The number of rotatable bonds is 19. The van der Waals surface area contributed by atoms with E-state index in [1.165, 1.54) is 0 Å². The smallest absolute Gasteiger partial charge is 0.498 e. The van der Waals surface area contributed by atoms with Crippen molar-refractivity contribution in [3.63, 3.8) is 0 Å². The quantitative estimate of drug-likeness (QED) is 0.128. The summed E-state index contributed by atoms with van der Waals surface area (Å²) in [6.45, 7) is 49.0. The van der Waals surface area contributed by atoms with Crippen LogP contribution in [0.5, 0.6) is 17.2 Å². The second-order valence-corrected chi connectivity index (χ2v) is 55.7. The van der Waals surface area contributed by atoms with Crippen LogP contribution in [0.3, 0.4) is 0 Å². The molecule has 0 saturated carbocycles. The number of hydrogen-bond donors (Lipinski definition) is 0. The summed E-state index contributed by atoms with van der Waals surface area (Å²) >= 11 is 0. The molecule has 19 heteroatoms. The van der Waals surface area contributed by atoms with Crippen molar-refractivity contribution in [1.82, 2.24) is 0 Å². The van der Waals surface area contributed by atoms with Crippen LogP contribution in [0.25, 0.3) is 6.08 Å². The Kier molecular flexibility index (Phi) is 15.2. The van der Waals surface area contributed by atoms with Crippen LogP contribution >= 0.6 is 0 Å². The zero-order valence-electron chi connectivity index (χ0n) is 34.5. The Morgan fingerprint density at radius 2 is 0.688 bits per heavy atom. The van der Waals surface area contributed by atoms with Crippen molar-refractivity contribution >= 4 is 97.8 Å². The molecule has 0 saturated heterocycles. The molecule has 0 heterocycles. The highest BCUT2D eigenvalue weighted by molar-refractivity contribution is 6.87. The lowest BCUT2D eigenvalue weighted by Gasteiger charge is -2.41. The fourth-order valence-electron chi connectivity index (χ4n) is 5.33. The Morgan fingerprint density at radius 3 is 0.938 bits per heavy atom. The van der Waals surface area contributed by atoms with Crippen LogP contribution in [-0.4, -0.2) is 86.6 Å². The third-order valence-corrected chi connectivity index (χ3v) is 31.9. The van der Waals surface area contributed by atoms with E-state index in [-0.39, 0.29) is 0 Å². The zero-order valence-corrected chi connectivity index (χ0v) is 45.5. The molecule has 0 radical (unpaired) electrons. The monoisotopic (exact) mass is 842 g/mol. The number of benzene rings is 1. The normalized spacial score (nSPS) is 14.7. The van der Waals surface area contributed by atoms with Crippen LogP contribution < -0.4 is 18.5 Å². The van der Waals surface area contributed by atoms with E-state index in [1.54, 1.807) is 0 Å². The van der Waals surface area contributed by atoms with Crippen molar-refractivity contribution < 1.29 is 38.0 Å². The third kappa shape index (κ3) is 17.7. The minimum atomic E-state index is -3.36. The lowest BCUT2D eigenvalue weighted by Crippen LogP contribution is -2.59. The minimum absolute atomic E-state index is 0.436. The molecule has 0 spiro atoms. The van der Waals surface area contributed by atoms with Crippen LogP contribution in [0.2, 0.25) is 137 Å². The maximum Gasteiger partial charge on any atom is 0.541 e. The van der Waals surface area contributed by atoms with Crippen LogP contribution in [-0.2, 0) is 24.7 Å². The standard InChI is InChI=1S/C29H70O9Si10/c1-23-25-24-26(30-46(20,33-40(2,3)4)34-41(5,6)7)27(31-47(21,35-42(8,9)10)36-43(11,12)13)28(29(25)39)32-48(22,37-44(14,15)16)38-45(17,18)19/h23-24H,1H2,2-22,39H3. The summed E-state index contributed by atoms with van der Waals surface area (Å²) in [6, 6.07) is 1.99. The molecule has 1 aromatic carbocycles. The Bertz CT molecular complexity index is 1210. The maximum absolute atomic E-state index is 7.18. The van der Waals surface area contributed by atoms with Gasteiger partial charge in [-0.3, -0.25) is 0 Å². The Labute approximate surface area is 307 Å². The van der Waals surface area contributed by atoms with Gasteiger partial charge in [-0.25, -0.2) is 0 Å². The molecule has 0 atom stereocenters. The van der Waals surface area contributed by atoms with E-state index in [4.69, 9.17) is 38.0 Å². The predicted octanol–water partition coefficient (Wildman–Crippen LogP) is 8.27. The molecule has 1 rings (SSSR count). The van der Waals surface area contributed by atoms with E-state index in [2.05, 4.69) is 124 Å². The van der Waals surface area contributed by atoms with Crippen molar-refractivity contribution in [3.8, 4) is 17.2 Å². The van der Waals surface area contributed by atoms with Gasteiger partial charge in [-0.05, 0) is 135 Å². The molecule has 0 bridgehead atoms. The van der Waals surface area contributed by atoms with Gasteiger partial charge in [0, 0.05) is 29.9 Å². The van der Waals surface area contributed by atoms with E-state index >= 15 is 0 Å². The van der Waals surface area contributed by atoms with Gasteiger partial charge in [-0.2, -0.15) is 0 Å². The molecular weight excluding hydrogens is 773 g/mol. The third-order valence-electron chi connectivity index (χ3n) is 5.53. The Balaban J connectivity index is 4.34. The summed E-state index contributed by atoms with van der Waals surface area (Å²) in [6.07, 6.45) is 1.84. The average Bonchev–Trinajstić information content (AvgIpc) is 2.69. The Morgan fingerprint density at radius 1 is 0.438 bits per heavy atom. The largest absolute Gasteiger partial charge is 0.541 e. The van der Waals surface area contributed by atoms with Crippen LogP contribution in [0.15, 0.2) is 12.6 Å². The van der Waals surface area contributed by atoms with Crippen molar-refractivity contribution in [1.29, 1.82) is 0 Å². The van der Waals surface area contributed by atoms with Gasteiger partial charge in [-0.15, -0.1) is 0 Å². The molecule has 0 aliphatic heterocycles. The van der Waals surface area contributed by atoms with Gasteiger partial charge in [0.25, 0.3) is 0 Å². The second-order valence-electron chi connectivity index (χ2n) is 18.6. The van der Waals surface area contributed by atoms with E-state index in [1.807, 2.05) is 31.8 Å². The molecule has 1 aromatic rings. The predicted molar refractivity (Wildman–Crippen MR) is 229 cm³/mol. The van der Waals surface area contributed by atoms with E-state index in [9.17, 15) is 0 Å². The highest BCUT2D eigenvalue weighted by Crippen LogP contribution is 2.44. The summed E-state index contributed by atoms with van der Waals surface area (Å²) in [7, 11) is -22.1. The summed E-state index contributed by atoms with van der Waals surface area (Å²) in [5.74, 6) is 1.46. The summed E-state index contributed by atoms with van der Waals surface area (Å²) in [5, 5.41) is 0.974. The fourth-order valence-corrected chi connectivity index (χ4v) is 37.3. The van der Waals surface area contributed by atoms with Gasteiger partial charge in [0.1, 0.15) is 0 Å². The molecule has 0 amide bonds.